The number of aromatic nitrogens is 2. The maximum atomic E-state index is 13.7. The van der Waals surface area contributed by atoms with Crippen molar-refractivity contribution in [2.24, 2.45) is 0 Å². The molecule has 1 saturated heterocycles. The van der Waals surface area contributed by atoms with Crippen molar-refractivity contribution in [3.05, 3.63) is 56.7 Å². The van der Waals surface area contributed by atoms with Crippen molar-refractivity contribution in [1.29, 1.82) is 0 Å². The second kappa shape index (κ2) is 9.77. The van der Waals surface area contributed by atoms with Crippen molar-refractivity contribution in [3.8, 4) is 0 Å². The first kappa shape index (κ1) is 21.7. The topological polar surface area (TPSA) is 64.4 Å². The van der Waals surface area contributed by atoms with Gasteiger partial charge in [0.2, 0.25) is 5.91 Å². The lowest BCUT2D eigenvalue weighted by Gasteiger charge is -2.26. The van der Waals surface area contributed by atoms with Crippen LogP contribution in [0.4, 0.5) is 0 Å². The molecule has 1 fully saturated rings. The Morgan fingerprint density at radius 3 is 2.72 bits per heavy atom. The summed E-state index contributed by atoms with van der Waals surface area (Å²) in [5, 5.41) is 1.46. The van der Waals surface area contributed by atoms with Gasteiger partial charge in [-0.2, -0.15) is 0 Å². The van der Waals surface area contributed by atoms with Gasteiger partial charge in [0.15, 0.2) is 5.16 Å². The number of amides is 1. The summed E-state index contributed by atoms with van der Waals surface area (Å²) in [6.07, 6.45) is 5.07. The molecule has 0 N–H and O–H groups in total. The predicted octanol–water partition coefficient (Wildman–Crippen LogP) is 3.53. The van der Waals surface area contributed by atoms with Crippen LogP contribution in [0.5, 0.6) is 0 Å². The average Bonchev–Trinajstić information content (AvgIpc) is 3.22. The molecule has 0 atom stereocenters. The van der Waals surface area contributed by atoms with Crippen molar-refractivity contribution in [2.75, 3.05) is 32.1 Å². The van der Waals surface area contributed by atoms with E-state index in [-0.39, 0.29) is 17.2 Å². The van der Waals surface area contributed by atoms with E-state index in [4.69, 9.17) is 9.72 Å². The number of hydrogen-bond donors (Lipinski definition) is 0. The molecule has 3 heterocycles. The Kier molecular flexibility index (Phi) is 6.62. The molecule has 6 nitrogen and oxygen atoms in total. The average molecular weight is 470 g/mol. The second-order valence-corrected chi connectivity index (χ2v) is 10.3. The van der Waals surface area contributed by atoms with Gasteiger partial charge >= 0.3 is 0 Å². The number of hydrogen-bond acceptors (Lipinski definition) is 6. The molecule has 32 heavy (non-hydrogen) atoms. The van der Waals surface area contributed by atoms with Gasteiger partial charge < -0.3 is 9.64 Å². The molecule has 0 radical (unpaired) electrons. The number of thiophene rings is 1. The van der Waals surface area contributed by atoms with Gasteiger partial charge in [-0.3, -0.25) is 14.2 Å². The number of thioether (sulfide) groups is 1. The first-order valence-electron chi connectivity index (χ1n) is 11.3. The molecular formula is C24H27N3O3S2. The number of carbonyl (C=O) groups is 1. The molecule has 1 aliphatic carbocycles. The summed E-state index contributed by atoms with van der Waals surface area (Å²) in [6.45, 7) is 2.99. The van der Waals surface area contributed by atoms with Crippen molar-refractivity contribution >= 4 is 39.2 Å². The third-order valence-electron chi connectivity index (χ3n) is 6.20. The number of fused-ring (bicyclic) bond motifs is 3. The van der Waals surface area contributed by atoms with Crippen LogP contribution in [0, 0.1) is 0 Å². The van der Waals surface area contributed by atoms with Gasteiger partial charge in [0.25, 0.3) is 5.56 Å². The Morgan fingerprint density at radius 1 is 1.12 bits per heavy atom. The van der Waals surface area contributed by atoms with Crippen molar-refractivity contribution < 1.29 is 9.53 Å². The standard InChI is InChI=1S/C24H27N3O3S2/c28-20(26-12-14-30-15-13-26)16-31-24-25-22-21(18-8-4-5-9-19(18)32-22)23(29)27(24)11-10-17-6-2-1-3-7-17/h1-3,6-7H,4-5,8-16H2. The number of rotatable bonds is 6. The molecule has 168 valence electrons. The molecule has 0 saturated carbocycles. The maximum absolute atomic E-state index is 13.7. The highest BCUT2D eigenvalue weighted by molar-refractivity contribution is 7.99. The monoisotopic (exact) mass is 469 g/mol. The molecule has 2 aliphatic rings. The van der Waals surface area contributed by atoms with Gasteiger partial charge in [-0.25, -0.2) is 4.98 Å². The summed E-state index contributed by atoms with van der Waals surface area (Å²) >= 11 is 3.05. The first-order valence-corrected chi connectivity index (χ1v) is 13.1. The van der Waals surface area contributed by atoms with Gasteiger partial charge in [-0.05, 0) is 43.2 Å². The minimum Gasteiger partial charge on any atom is -0.378 e. The SMILES string of the molecule is O=C(CSc1nc2sc3c(c2c(=O)n1CCc1ccccc1)CCCC3)N1CCOCC1. The zero-order chi connectivity index (χ0) is 21.9. The van der Waals surface area contributed by atoms with E-state index in [0.29, 0.717) is 38.0 Å². The summed E-state index contributed by atoms with van der Waals surface area (Å²) in [5.74, 6) is 0.363. The van der Waals surface area contributed by atoms with E-state index in [9.17, 15) is 9.59 Å². The first-order chi connectivity index (χ1) is 15.7. The lowest BCUT2D eigenvalue weighted by molar-refractivity contribution is -0.132. The van der Waals surface area contributed by atoms with Gasteiger partial charge in [-0.1, -0.05) is 42.1 Å². The zero-order valence-electron chi connectivity index (χ0n) is 18.0. The van der Waals surface area contributed by atoms with Gasteiger partial charge in [0.05, 0.1) is 24.4 Å². The molecule has 3 aromatic rings. The third-order valence-corrected chi connectivity index (χ3v) is 8.34. The predicted molar refractivity (Wildman–Crippen MR) is 129 cm³/mol. The van der Waals surface area contributed by atoms with Crippen molar-refractivity contribution in [1.82, 2.24) is 14.5 Å². The van der Waals surface area contributed by atoms with Crippen LogP contribution in [0.2, 0.25) is 0 Å². The fraction of sp³-hybridized carbons (Fsp3) is 0.458. The minimum atomic E-state index is 0.0478. The van der Waals surface area contributed by atoms with E-state index < -0.39 is 0 Å². The number of morpholine rings is 1. The molecule has 8 heteroatoms. The van der Waals surface area contributed by atoms with E-state index in [1.807, 2.05) is 23.1 Å². The van der Waals surface area contributed by atoms with Gasteiger partial charge in [-0.15, -0.1) is 11.3 Å². The van der Waals surface area contributed by atoms with Crippen LogP contribution in [-0.2, 0) is 35.3 Å². The van der Waals surface area contributed by atoms with Crippen LogP contribution in [-0.4, -0.2) is 52.4 Å². The van der Waals surface area contributed by atoms with E-state index in [0.717, 1.165) is 35.9 Å². The largest absolute Gasteiger partial charge is 0.378 e. The highest BCUT2D eigenvalue weighted by Crippen LogP contribution is 2.34. The summed E-state index contributed by atoms with van der Waals surface area (Å²) in [6, 6.07) is 10.2. The van der Waals surface area contributed by atoms with Crippen LogP contribution in [0.25, 0.3) is 10.2 Å². The van der Waals surface area contributed by atoms with Crippen molar-refractivity contribution in [3.63, 3.8) is 0 Å². The molecule has 0 bridgehead atoms. The number of aryl methyl sites for hydroxylation is 3. The fourth-order valence-electron chi connectivity index (χ4n) is 4.44. The summed E-state index contributed by atoms with van der Waals surface area (Å²) in [4.78, 5) is 35.3. The van der Waals surface area contributed by atoms with Crippen LogP contribution in [0.1, 0.15) is 28.8 Å². The zero-order valence-corrected chi connectivity index (χ0v) is 19.7. The van der Waals surface area contributed by atoms with E-state index in [1.54, 1.807) is 15.9 Å². The van der Waals surface area contributed by atoms with Crippen LogP contribution in [0.3, 0.4) is 0 Å². The van der Waals surface area contributed by atoms with Crippen LogP contribution in [0.15, 0.2) is 40.3 Å². The molecular weight excluding hydrogens is 442 g/mol. The van der Waals surface area contributed by atoms with Crippen LogP contribution >= 0.6 is 23.1 Å². The van der Waals surface area contributed by atoms with Crippen LogP contribution < -0.4 is 5.56 Å². The quantitative estimate of drug-likeness (QED) is 0.408. The molecule has 1 amide bonds. The minimum absolute atomic E-state index is 0.0478. The second-order valence-electron chi connectivity index (χ2n) is 8.26. The summed E-state index contributed by atoms with van der Waals surface area (Å²) in [5.41, 5.74) is 2.45. The Bertz CT molecular complexity index is 1170. The Labute approximate surface area is 195 Å². The van der Waals surface area contributed by atoms with Crippen molar-refractivity contribution in [2.45, 2.75) is 43.8 Å². The number of ether oxygens (including phenoxy) is 1. The fourth-order valence-corrected chi connectivity index (χ4v) is 6.67. The Hall–Kier alpha value is -2.16. The molecule has 2 aromatic heterocycles. The summed E-state index contributed by atoms with van der Waals surface area (Å²) < 4.78 is 7.15. The third kappa shape index (κ3) is 4.49. The Balaban J connectivity index is 1.46. The highest BCUT2D eigenvalue weighted by atomic mass is 32.2. The molecule has 0 spiro atoms. The lowest BCUT2D eigenvalue weighted by Crippen LogP contribution is -2.41. The number of carbonyl (C=O) groups excluding carboxylic acids is 1. The maximum Gasteiger partial charge on any atom is 0.263 e. The summed E-state index contributed by atoms with van der Waals surface area (Å²) in [7, 11) is 0. The molecule has 1 aliphatic heterocycles. The molecule has 1 aromatic carbocycles. The van der Waals surface area contributed by atoms with E-state index in [1.165, 1.54) is 34.2 Å². The van der Waals surface area contributed by atoms with E-state index in [2.05, 4.69) is 12.1 Å². The lowest BCUT2D eigenvalue weighted by atomic mass is 9.97. The van der Waals surface area contributed by atoms with Gasteiger partial charge in [0.1, 0.15) is 4.83 Å². The Morgan fingerprint density at radius 2 is 1.91 bits per heavy atom. The van der Waals surface area contributed by atoms with Gasteiger partial charge in [0, 0.05) is 24.5 Å². The molecule has 5 rings (SSSR count). The molecule has 0 unspecified atom stereocenters. The number of benzene rings is 1. The number of nitrogens with zero attached hydrogens (tertiary/aromatic N) is 3. The normalized spacial score (nSPS) is 16.3. The highest BCUT2D eigenvalue weighted by Gasteiger charge is 2.23. The smallest absolute Gasteiger partial charge is 0.263 e. The van der Waals surface area contributed by atoms with E-state index >= 15 is 0 Å².